The summed E-state index contributed by atoms with van der Waals surface area (Å²) in [6, 6.07) is 34.6. The maximum absolute atomic E-state index is 3.92. The van der Waals surface area contributed by atoms with E-state index in [9.17, 15) is 0 Å². The third-order valence-electron chi connectivity index (χ3n) is 6.37. The second kappa shape index (κ2) is 5.86. The van der Waals surface area contributed by atoms with Crippen molar-refractivity contribution in [1.29, 1.82) is 0 Å². The second-order valence-corrected chi connectivity index (χ2v) is 7.87. The van der Waals surface area contributed by atoms with Gasteiger partial charge >= 0.3 is 0 Å². The topological polar surface area (TPSA) is 55.5 Å². The first kappa shape index (κ1) is 16.5. The van der Waals surface area contributed by atoms with Gasteiger partial charge in [0.25, 0.3) is 0 Å². The normalized spacial score (nSPS) is 16.3. The molecule has 31 heavy (non-hydrogen) atoms. The van der Waals surface area contributed by atoms with Gasteiger partial charge in [0.15, 0.2) is 0 Å². The largest absolute Gasteiger partial charge is 0.111 e. The molecule has 0 spiro atoms. The first-order chi connectivity index (χ1) is 15.4. The van der Waals surface area contributed by atoms with E-state index in [2.05, 4.69) is 118 Å². The maximum atomic E-state index is 3.92. The van der Waals surface area contributed by atoms with Crippen molar-refractivity contribution in [2.24, 2.45) is 20.9 Å². The van der Waals surface area contributed by atoms with Gasteiger partial charge in [-0.05, 0) is 78.5 Å². The summed E-state index contributed by atoms with van der Waals surface area (Å²) < 4.78 is 0. The van der Waals surface area contributed by atoms with Gasteiger partial charge < -0.3 is 0 Å². The van der Waals surface area contributed by atoms with Crippen molar-refractivity contribution in [1.82, 2.24) is 0 Å². The van der Waals surface area contributed by atoms with E-state index in [4.69, 9.17) is 0 Å². The molecule has 4 aromatic rings. The molecule has 4 aromatic carbocycles. The molecule has 0 bridgehead atoms. The van der Waals surface area contributed by atoms with Crippen LogP contribution in [0.5, 0.6) is 0 Å². The standard InChI is InChI=1S/C25H16N6/c1-3-7-23-21(5-1)22-6-2-4-8-24(22)25(23,17-9-13-19(14-10-17)30-26-27-30)18-11-15-20(16-12-18)31-28-29-31/h1-16H. The third kappa shape index (κ3) is 2.27. The van der Waals surface area contributed by atoms with Gasteiger partial charge in [0.05, 0.1) is 16.8 Å². The Morgan fingerprint density at radius 2 is 0.839 bits per heavy atom. The Balaban J connectivity index is 1.51. The van der Waals surface area contributed by atoms with Crippen molar-refractivity contribution >= 4 is 11.4 Å². The Morgan fingerprint density at radius 3 is 1.23 bits per heavy atom. The summed E-state index contributed by atoms with van der Waals surface area (Å²) >= 11 is 0. The lowest BCUT2D eigenvalue weighted by molar-refractivity contribution is 0.768. The van der Waals surface area contributed by atoms with Gasteiger partial charge in [-0.2, -0.15) is 0 Å². The minimum Gasteiger partial charge on any atom is -0.111 e. The summed E-state index contributed by atoms with van der Waals surface area (Å²) in [6.45, 7) is 0. The van der Waals surface area contributed by atoms with Crippen LogP contribution in [0.2, 0.25) is 0 Å². The maximum Gasteiger partial charge on any atom is 0.0893 e. The zero-order chi connectivity index (χ0) is 20.4. The Hall–Kier alpha value is -4.32. The molecule has 0 amide bonds. The minimum absolute atomic E-state index is 0.412. The number of hydrogen-bond acceptors (Lipinski definition) is 6. The molecule has 2 heterocycles. The van der Waals surface area contributed by atoms with Crippen LogP contribution in [0.15, 0.2) is 118 Å². The van der Waals surface area contributed by atoms with Crippen LogP contribution in [0.4, 0.5) is 11.4 Å². The lowest BCUT2D eigenvalue weighted by atomic mass is 9.67. The molecule has 0 unspecified atom stereocenters. The van der Waals surface area contributed by atoms with Crippen molar-refractivity contribution in [2.45, 2.75) is 5.41 Å². The quantitative estimate of drug-likeness (QED) is 0.358. The van der Waals surface area contributed by atoms with Crippen LogP contribution in [-0.2, 0) is 5.41 Å². The van der Waals surface area contributed by atoms with Gasteiger partial charge in [0, 0.05) is 0 Å². The first-order valence-corrected chi connectivity index (χ1v) is 10.2. The average molecular weight is 400 g/mol. The van der Waals surface area contributed by atoms with Crippen molar-refractivity contribution in [2.75, 3.05) is 10.2 Å². The Bertz CT molecular complexity index is 1270. The SMILES string of the molecule is c1ccc2c(c1)-c1ccccc1C2(c1ccc(N2N=N2)cc1)c1ccc(N2N=N2)cc1. The molecule has 146 valence electrons. The Morgan fingerprint density at radius 1 is 0.452 bits per heavy atom. The van der Waals surface area contributed by atoms with E-state index in [1.54, 1.807) is 10.2 Å². The van der Waals surface area contributed by atoms with Crippen molar-refractivity contribution in [3.8, 4) is 11.1 Å². The highest BCUT2D eigenvalue weighted by atomic mass is 15.9. The van der Waals surface area contributed by atoms with E-state index >= 15 is 0 Å². The van der Waals surface area contributed by atoms with Crippen LogP contribution in [0.1, 0.15) is 22.3 Å². The summed E-state index contributed by atoms with van der Waals surface area (Å²) in [5.41, 5.74) is 9.09. The molecule has 6 nitrogen and oxygen atoms in total. The van der Waals surface area contributed by atoms with Crippen molar-refractivity contribution in [3.05, 3.63) is 119 Å². The number of hydrogen-bond donors (Lipinski definition) is 0. The summed E-state index contributed by atoms with van der Waals surface area (Å²) in [5, 5.41) is 18.9. The molecule has 0 atom stereocenters. The van der Waals surface area contributed by atoms with Gasteiger partial charge in [-0.15, -0.1) is 10.2 Å². The molecule has 0 saturated carbocycles. The summed E-state index contributed by atoms with van der Waals surface area (Å²) in [7, 11) is 0. The molecule has 0 aromatic heterocycles. The molecule has 3 aliphatic rings. The van der Waals surface area contributed by atoms with Gasteiger partial charge in [0.2, 0.25) is 0 Å². The summed E-state index contributed by atoms with van der Waals surface area (Å²) in [5.74, 6) is 0. The minimum atomic E-state index is -0.412. The predicted molar refractivity (Wildman–Crippen MR) is 118 cm³/mol. The zero-order valence-electron chi connectivity index (χ0n) is 16.4. The predicted octanol–water partition coefficient (Wildman–Crippen LogP) is 6.25. The van der Waals surface area contributed by atoms with Gasteiger partial charge in [-0.1, -0.05) is 72.8 Å². The van der Waals surface area contributed by atoms with Crippen LogP contribution in [0, 0.1) is 0 Å². The fourth-order valence-corrected chi connectivity index (χ4v) is 4.96. The van der Waals surface area contributed by atoms with Crippen LogP contribution in [-0.4, -0.2) is 0 Å². The van der Waals surface area contributed by atoms with Crippen molar-refractivity contribution in [3.63, 3.8) is 0 Å². The zero-order valence-corrected chi connectivity index (χ0v) is 16.4. The fourth-order valence-electron chi connectivity index (χ4n) is 4.96. The van der Waals surface area contributed by atoms with Gasteiger partial charge in [-0.25, -0.2) is 0 Å². The van der Waals surface area contributed by atoms with Crippen LogP contribution >= 0.6 is 0 Å². The molecular weight excluding hydrogens is 384 g/mol. The molecule has 0 N–H and O–H groups in total. The number of nitrogens with zero attached hydrogens (tertiary/aromatic N) is 6. The first-order valence-electron chi connectivity index (χ1n) is 10.2. The second-order valence-electron chi connectivity index (χ2n) is 7.87. The smallest absolute Gasteiger partial charge is 0.0893 e. The number of fused-ring (bicyclic) bond motifs is 3. The molecule has 1 aliphatic carbocycles. The fraction of sp³-hybridized carbons (Fsp3) is 0.0400. The third-order valence-corrected chi connectivity index (χ3v) is 6.37. The van der Waals surface area contributed by atoms with E-state index in [1.807, 2.05) is 0 Å². The van der Waals surface area contributed by atoms with E-state index in [1.165, 1.54) is 33.4 Å². The molecule has 2 aliphatic heterocycles. The molecule has 0 saturated heterocycles. The van der Waals surface area contributed by atoms with Gasteiger partial charge in [-0.3, -0.25) is 0 Å². The highest BCUT2D eigenvalue weighted by Gasteiger charge is 2.46. The molecule has 6 heteroatoms. The molecule has 7 rings (SSSR count). The van der Waals surface area contributed by atoms with Crippen LogP contribution < -0.4 is 10.2 Å². The average Bonchev–Trinajstić information content (AvgIpc) is 3.76. The molecule has 0 fully saturated rings. The number of benzene rings is 4. The van der Waals surface area contributed by atoms with Crippen LogP contribution in [0.25, 0.3) is 11.1 Å². The Kier molecular flexibility index (Phi) is 3.11. The highest BCUT2D eigenvalue weighted by molar-refractivity contribution is 5.86. The lowest BCUT2D eigenvalue weighted by Crippen LogP contribution is -2.28. The van der Waals surface area contributed by atoms with Crippen LogP contribution in [0.3, 0.4) is 0 Å². The molecular formula is C25H16N6. The van der Waals surface area contributed by atoms with E-state index in [-0.39, 0.29) is 0 Å². The van der Waals surface area contributed by atoms with Crippen molar-refractivity contribution < 1.29 is 0 Å². The highest BCUT2D eigenvalue weighted by Crippen LogP contribution is 2.56. The lowest BCUT2D eigenvalue weighted by Gasteiger charge is -2.34. The summed E-state index contributed by atoms with van der Waals surface area (Å²) in [4.78, 5) is 0. The Labute approximate surface area is 178 Å². The van der Waals surface area contributed by atoms with E-state index < -0.39 is 5.41 Å². The number of rotatable bonds is 4. The van der Waals surface area contributed by atoms with Gasteiger partial charge in [0.1, 0.15) is 0 Å². The number of anilines is 2. The van der Waals surface area contributed by atoms with E-state index in [0.717, 1.165) is 11.4 Å². The monoisotopic (exact) mass is 400 g/mol. The summed E-state index contributed by atoms with van der Waals surface area (Å²) in [6.07, 6.45) is 0. The molecule has 0 radical (unpaired) electrons. The van der Waals surface area contributed by atoms with E-state index in [0.29, 0.717) is 0 Å².